The number of fused-ring (bicyclic) bond motifs is 1. The van der Waals surface area contributed by atoms with E-state index in [-0.39, 0.29) is 15.5 Å². The van der Waals surface area contributed by atoms with E-state index in [1.807, 2.05) is 36.4 Å². The van der Waals surface area contributed by atoms with Crippen molar-refractivity contribution in [3.63, 3.8) is 0 Å². The summed E-state index contributed by atoms with van der Waals surface area (Å²) in [6, 6.07) is 16.6. The molecular formula is C26H28N4O3S2. The first-order valence-electron chi connectivity index (χ1n) is 11.5. The van der Waals surface area contributed by atoms with E-state index in [1.165, 1.54) is 16.9 Å². The fourth-order valence-corrected chi connectivity index (χ4v) is 6.86. The molecule has 182 valence electrons. The maximum absolute atomic E-state index is 13.1. The van der Waals surface area contributed by atoms with E-state index in [9.17, 15) is 13.2 Å². The summed E-state index contributed by atoms with van der Waals surface area (Å²) >= 11 is 1.21. The number of sulfonamides is 1. The van der Waals surface area contributed by atoms with Crippen molar-refractivity contribution in [1.29, 1.82) is 0 Å². The van der Waals surface area contributed by atoms with Crippen LogP contribution in [0.1, 0.15) is 38.4 Å². The summed E-state index contributed by atoms with van der Waals surface area (Å²) in [5, 5.41) is 0. The van der Waals surface area contributed by atoms with Gasteiger partial charge < -0.3 is 9.88 Å². The first kappa shape index (κ1) is 23.7. The lowest BCUT2D eigenvalue weighted by Crippen LogP contribution is -2.41. The minimum absolute atomic E-state index is 0.0549. The second-order valence-electron chi connectivity index (χ2n) is 9.90. The minimum Gasteiger partial charge on any atom is -0.356 e. The Morgan fingerprint density at radius 3 is 2.63 bits per heavy atom. The molecule has 1 atom stereocenters. The van der Waals surface area contributed by atoms with E-state index in [0.29, 0.717) is 19.5 Å². The van der Waals surface area contributed by atoms with Crippen molar-refractivity contribution < 1.29 is 13.2 Å². The monoisotopic (exact) mass is 508 g/mol. The predicted molar refractivity (Wildman–Crippen MR) is 139 cm³/mol. The lowest BCUT2D eigenvalue weighted by molar-refractivity contribution is -0.129. The van der Waals surface area contributed by atoms with Gasteiger partial charge in [0.25, 0.3) is 10.0 Å². The van der Waals surface area contributed by atoms with Gasteiger partial charge in [0.05, 0.1) is 17.6 Å². The van der Waals surface area contributed by atoms with E-state index in [0.717, 1.165) is 27.2 Å². The molecule has 3 aromatic heterocycles. The van der Waals surface area contributed by atoms with Crippen LogP contribution in [0.15, 0.2) is 65.0 Å². The SMILES string of the molecule is CC(C)(C)c1ccc(-c2ccc(S(=O)(=O)N[C@H]3CCN(Cc4cc5ncccc5[nH]4)C3=O)s2)cc1. The lowest BCUT2D eigenvalue weighted by Gasteiger charge is -2.19. The van der Waals surface area contributed by atoms with Crippen LogP contribution in [-0.2, 0) is 26.8 Å². The van der Waals surface area contributed by atoms with Gasteiger partial charge in [0, 0.05) is 23.3 Å². The van der Waals surface area contributed by atoms with Crippen molar-refractivity contribution in [2.75, 3.05) is 6.54 Å². The summed E-state index contributed by atoms with van der Waals surface area (Å²) in [5.74, 6) is -0.213. The van der Waals surface area contributed by atoms with Gasteiger partial charge in [-0.3, -0.25) is 9.78 Å². The smallest absolute Gasteiger partial charge is 0.250 e. The number of amides is 1. The van der Waals surface area contributed by atoms with Gasteiger partial charge in [0.2, 0.25) is 5.91 Å². The molecule has 1 aliphatic heterocycles. The number of nitrogens with zero attached hydrogens (tertiary/aromatic N) is 2. The van der Waals surface area contributed by atoms with Gasteiger partial charge in [-0.05, 0) is 53.3 Å². The Hall–Kier alpha value is -3.01. The molecule has 1 amide bonds. The summed E-state index contributed by atoms with van der Waals surface area (Å²) in [4.78, 5) is 23.1. The second kappa shape index (κ2) is 8.89. The average Bonchev–Trinajstić information content (AvgIpc) is 3.54. The van der Waals surface area contributed by atoms with Crippen LogP contribution < -0.4 is 4.72 Å². The Bertz CT molecular complexity index is 1450. The van der Waals surface area contributed by atoms with Crippen LogP contribution in [0, 0.1) is 0 Å². The van der Waals surface area contributed by atoms with E-state index in [4.69, 9.17) is 0 Å². The van der Waals surface area contributed by atoms with Gasteiger partial charge in [0.15, 0.2) is 0 Å². The quantitative estimate of drug-likeness (QED) is 0.396. The van der Waals surface area contributed by atoms with E-state index in [1.54, 1.807) is 17.2 Å². The number of aromatic nitrogens is 2. The fourth-order valence-electron chi connectivity index (χ4n) is 4.31. The number of carbonyl (C=O) groups excluding carboxylic acids is 1. The molecule has 9 heteroatoms. The summed E-state index contributed by atoms with van der Waals surface area (Å²) in [6.07, 6.45) is 2.16. The largest absolute Gasteiger partial charge is 0.356 e. The minimum atomic E-state index is -3.81. The van der Waals surface area contributed by atoms with E-state index in [2.05, 4.69) is 47.6 Å². The molecular weight excluding hydrogens is 480 g/mol. The zero-order valence-corrected chi connectivity index (χ0v) is 21.5. The highest BCUT2D eigenvalue weighted by Crippen LogP contribution is 2.33. The molecule has 5 rings (SSSR count). The predicted octanol–water partition coefficient (Wildman–Crippen LogP) is 4.67. The Morgan fingerprint density at radius 1 is 1.14 bits per heavy atom. The molecule has 2 N–H and O–H groups in total. The number of thiophene rings is 1. The number of benzene rings is 1. The molecule has 1 fully saturated rings. The number of H-pyrrole nitrogens is 1. The topological polar surface area (TPSA) is 95.2 Å². The number of rotatable bonds is 6. The number of carbonyl (C=O) groups is 1. The highest BCUT2D eigenvalue weighted by atomic mass is 32.2. The molecule has 4 aromatic rings. The van der Waals surface area contributed by atoms with Crippen LogP contribution in [0.3, 0.4) is 0 Å². The first-order chi connectivity index (χ1) is 16.6. The number of nitrogens with one attached hydrogen (secondary N) is 2. The highest BCUT2D eigenvalue weighted by molar-refractivity contribution is 7.91. The summed E-state index contributed by atoms with van der Waals surface area (Å²) in [5.41, 5.74) is 4.87. The summed E-state index contributed by atoms with van der Waals surface area (Å²) in [7, 11) is -3.81. The van der Waals surface area contributed by atoms with Gasteiger partial charge in [-0.15, -0.1) is 11.3 Å². The summed E-state index contributed by atoms with van der Waals surface area (Å²) in [6.45, 7) is 7.36. The normalized spacial score (nSPS) is 16.9. The van der Waals surface area contributed by atoms with Crippen molar-refractivity contribution >= 4 is 38.3 Å². The molecule has 0 aliphatic carbocycles. The van der Waals surface area contributed by atoms with Crippen LogP contribution in [0.25, 0.3) is 21.5 Å². The lowest BCUT2D eigenvalue weighted by atomic mass is 9.86. The zero-order chi connectivity index (χ0) is 24.8. The molecule has 0 saturated carbocycles. The zero-order valence-electron chi connectivity index (χ0n) is 19.9. The van der Waals surface area contributed by atoms with Gasteiger partial charge in [-0.2, -0.15) is 4.72 Å². The molecule has 4 heterocycles. The van der Waals surface area contributed by atoms with Gasteiger partial charge in [-0.25, -0.2) is 8.42 Å². The molecule has 0 bridgehead atoms. The highest BCUT2D eigenvalue weighted by Gasteiger charge is 2.35. The maximum atomic E-state index is 13.1. The molecule has 1 aromatic carbocycles. The van der Waals surface area contributed by atoms with Crippen LogP contribution in [0.4, 0.5) is 0 Å². The maximum Gasteiger partial charge on any atom is 0.250 e. The standard InChI is InChI=1S/C26H28N4O3S2/c1-26(2,3)18-8-6-17(7-9-18)23-10-11-24(34-23)35(32,33)29-21-12-14-30(25(21)31)16-19-15-22-20(28-19)5-4-13-27-22/h4-11,13,15,21,28-29H,12,14,16H2,1-3H3/t21-/m0/s1. The Labute approximate surface area is 209 Å². The fraction of sp³-hybridized carbons (Fsp3) is 0.308. The molecule has 1 saturated heterocycles. The van der Waals surface area contributed by atoms with Gasteiger partial charge in [0.1, 0.15) is 10.3 Å². The van der Waals surface area contributed by atoms with Crippen LogP contribution in [0.5, 0.6) is 0 Å². The third-order valence-electron chi connectivity index (χ3n) is 6.28. The van der Waals surface area contributed by atoms with Crippen molar-refractivity contribution in [2.24, 2.45) is 0 Å². The molecule has 0 unspecified atom stereocenters. The van der Waals surface area contributed by atoms with Crippen LogP contribution in [0.2, 0.25) is 0 Å². The average molecular weight is 509 g/mol. The third kappa shape index (κ3) is 4.89. The van der Waals surface area contributed by atoms with Crippen molar-refractivity contribution in [1.82, 2.24) is 19.6 Å². The Balaban J connectivity index is 1.26. The van der Waals surface area contributed by atoms with Crippen molar-refractivity contribution in [3.8, 4) is 10.4 Å². The van der Waals surface area contributed by atoms with Gasteiger partial charge >= 0.3 is 0 Å². The number of pyridine rings is 1. The number of likely N-dealkylation sites (tertiary alicyclic amines) is 1. The molecule has 0 spiro atoms. The Morgan fingerprint density at radius 2 is 1.91 bits per heavy atom. The number of hydrogen-bond acceptors (Lipinski definition) is 5. The number of hydrogen-bond donors (Lipinski definition) is 2. The third-order valence-corrected chi connectivity index (χ3v) is 9.38. The van der Waals surface area contributed by atoms with E-state index < -0.39 is 16.1 Å². The first-order valence-corrected chi connectivity index (χ1v) is 13.8. The van der Waals surface area contributed by atoms with Crippen molar-refractivity contribution in [2.45, 2.75) is 49.4 Å². The molecule has 35 heavy (non-hydrogen) atoms. The van der Waals surface area contributed by atoms with E-state index >= 15 is 0 Å². The second-order valence-corrected chi connectivity index (χ2v) is 12.9. The Kier molecular flexibility index (Phi) is 6.03. The van der Waals surface area contributed by atoms with Crippen molar-refractivity contribution in [3.05, 3.63) is 72.1 Å². The molecule has 1 aliphatic rings. The molecule has 7 nitrogen and oxygen atoms in total. The molecule has 0 radical (unpaired) electrons. The summed E-state index contributed by atoms with van der Waals surface area (Å²) < 4.78 is 29.0. The van der Waals surface area contributed by atoms with Crippen LogP contribution >= 0.6 is 11.3 Å². The van der Waals surface area contributed by atoms with Gasteiger partial charge in [-0.1, -0.05) is 45.0 Å². The van der Waals surface area contributed by atoms with Crippen LogP contribution in [-0.4, -0.2) is 41.8 Å². The number of aromatic amines is 1.